The van der Waals surface area contributed by atoms with Crippen LogP contribution in [-0.4, -0.2) is 40.3 Å². The van der Waals surface area contributed by atoms with E-state index in [0.717, 1.165) is 31.7 Å². The molecular weight excluding hydrogens is 426 g/mol. The second-order valence-electron chi connectivity index (χ2n) is 9.73. The van der Waals surface area contributed by atoms with Crippen LogP contribution >= 0.6 is 11.3 Å². The molecule has 0 bridgehead atoms. The zero-order valence-electron chi connectivity index (χ0n) is 20.2. The van der Waals surface area contributed by atoms with E-state index < -0.39 is 0 Å². The normalized spacial score (nSPS) is 18.7. The third kappa shape index (κ3) is 5.90. The number of likely N-dealkylation sites (tertiary alicyclic amines) is 1. The summed E-state index contributed by atoms with van der Waals surface area (Å²) in [6.07, 6.45) is 3.66. The van der Waals surface area contributed by atoms with Crippen LogP contribution in [0.3, 0.4) is 0 Å². The molecule has 174 valence electrons. The molecule has 4 rings (SSSR count). The van der Waals surface area contributed by atoms with Crippen molar-refractivity contribution in [2.75, 3.05) is 19.6 Å². The van der Waals surface area contributed by atoms with E-state index in [-0.39, 0.29) is 11.8 Å². The Morgan fingerprint density at radius 3 is 2.58 bits per heavy atom. The van der Waals surface area contributed by atoms with Gasteiger partial charge in [0, 0.05) is 61.8 Å². The van der Waals surface area contributed by atoms with Gasteiger partial charge in [0.15, 0.2) is 0 Å². The number of aromatic nitrogens is 1. The second kappa shape index (κ2) is 10.6. The molecule has 2 atom stereocenters. The average molecular weight is 462 g/mol. The summed E-state index contributed by atoms with van der Waals surface area (Å²) in [5.74, 6) is 1.01. The molecule has 0 N–H and O–H groups in total. The first kappa shape index (κ1) is 23.7. The molecule has 5 heteroatoms. The Labute approximate surface area is 202 Å². The molecule has 0 unspecified atom stereocenters. The van der Waals surface area contributed by atoms with Gasteiger partial charge < -0.3 is 4.90 Å². The van der Waals surface area contributed by atoms with Crippen molar-refractivity contribution in [2.45, 2.75) is 46.7 Å². The van der Waals surface area contributed by atoms with Gasteiger partial charge in [-0.1, -0.05) is 49.7 Å². The van der Waals surface area contributed by atoms with Gasteiger partial charge >= 0.3 is 0 Å². The largest absolute Gasteiger partial charge is 0.338 e. The Balaban J connectivity index is 1.57. The number of rotatable bonds is 8. The SMILES string of the molecule is Cc1ccc([C@H]2CN(Cc3sccc3C)C[C@H]2CN(Cc2cccnc2)C(=O)C(C)C)cc1. The Bertz CT molecular complexity index is 1040. The summed E-state index contributed by atoms with van der Waals surface area (Å²) in [5.41, 5.74) is 5.13. The number of hydrogen-bond donors (Lipinski definition) is 0. The summed E-state index contributed by atoms with van der Waals surface area (Å²) in [5, 5.41) is 2.19. The average Bonchev–Trinajstić information content (AvgIpc) is 3.40. The third-order valence-corrected chi connectivity index (χ3v) is 7.72. The highest BCUT2D eigenvalue weighted by Crippen LogP contribution is 2.35. The fourth-order valence-corrected chi connectivity index (χ4v) is 5.78. The molecule has 1 aromatic carbocycles. The van der Waals surface area contributed by atoms with Crippen LogP contribution in [0.15, 0.2) is 60.2 Å². The molecule has 1 amide bonds. The molecule has 0 radical (unpaired) electrons. The van der Waals surface area contributed by atoms with Crippen LogP contribution in [0.25, 0.3) is 0 Å². The van der Waals surface area contributed by atoms with Crippen molar-refractivity contribution in [2.24, 2.45) is 11.8 Å². The first-order valence-electron chi connectivity index (χ1n) is 11.9. The number of hydrogen-bond acceptors (Lipinski definition) is 4. The van der Waals surface area contributed by atoms with Gasteiger partial charge in [0.05, 0.1) is 0 Å². The summed E-state index contributed by atoms with van der Waals surface area (Å²) >= 11 is 1.85. The molecule has 33 heavy (non-hydrogen) atoms. The van der Waals surface area contributed by atoms with Crippen LogP contribution < -0.4 is 0 Å². The number of carbonyl (C=O) groups is 1. The Hall–Kier alpha value is -2.50. The minimum Gasteiger partial charge on any atom is -0.338 e. The molecule has 1 saturated heterocycles. The Kier molecular flexibility index (Phi) is 7.61. The lowest BCUT2D eigenvalue weighted by atomic mass is 9.88. The van der Waals surface area contributed by atoms with Crippen LogP contribution in [0, 0.1) is 25.7 Å². The molecule has 1 aliphatic heterocycles. The van der Waals surface area contributed by atoms with Crippen LogP contribution in [0.4, 0.5) is 0 Å². The first-order valence-corrected chi connectivity index (χ1v) is 12.8. The van der Waals surface area contributed by atoms with Gasteiger partial charge in [-0.05, 0) is 54.0 Å². The van der Waals surface area contributed by atoms with Gasteiger partial charge in [-0.15, -0.1) is 11.3 Å². The van der Waals surface area contributed by atoms with Crippen molar-refractivity contribution in [1.29, 1.82) is 0 Å². The monoisotopic (exact) mass is 461 g/mol. The van der Waals surface area contributed by atoms with E-state index >= 15 is 0 Å². The molecule has 2 aromatic heterocycles. The predicted octanol–water partition coefficient (Wildman–Crippen LogP) is 5.66. The van der Waals surface area contributed by atoms with E-state index in [0.29, 0.717) is 18.4 Å². The van der Waals surface area contributed by atoms with Crippen LogP contribution in [-0.2, 0) is 17.9 Å². The zero-order chi connectivity index (χ0) is 23.4. The lowest BCUT2D eigenvalue weighted by Crippen LogP contribution is -2.39. The number of thiophene rings is 1. The quantitative estimate of drug-likeness (QED) is 0.434. The molecular formula is C28H35N3OS. The standard InChI is InChI=1S/C28H35N3OS/c1-20(2)28(32)31(15-23-6-5-12-29-14-23)17-25-16-30(19-27-22(4)11-13-33-27)18-26(25)24-9-7-21(3)8-10-24/h5-14,20,25-26H,15-19H2,1-4H3/t25-,26+/m0/s1. The second-order valence-corrected chi connectivity index (χ2v) is 10.7. The van der Waals surface area contributed by atoms with Gasteiger partial charge in [0.1, 0.15) is 0 Å². The molecule has 0 aliphatic carbocycles. The maximum absolute atomic E-state index is 13.2. The van der Waals surface area contributed by atoms with E-state index in [9.17, 15) is 4.79 Å². The number of carbonyl (C=O) groups excluding carboxylic acids is 1. The van der Waals surface area contributed by atoms with E-state index in [1.54, 1.807) is 6.20 Å². The molecule has 3 heterocycles. The summed E-state index contributed by atoms with van der Waals surface area (Å²) in [6, 6.07) is 15.2. The van der Waals surface area contributed by atoms with Gasteiger partial charge in [0.25, 0.3) is 0 Å². The number of benzene rings is 1. The number of amides is 1. The number of pyridine rings is 1. The fourth-order valence-electron chi connectivity index (χ4n) is 4.83. The molecule has 3 aromatic rings. The molecule has 0 spiro atoms. The summed E-state index contributed by atoms with van der Waals surface area (Å²) in [7, 11) is 0. The van der Waals surface area contributed by atoms with Gasteiger partial charge in [-0.25, -0.2) is 0 Å². The van der Waals surface area contributed by atoms with Gasteiger partial charge in [-0.3, -0.25) is 14.7 Å². The fraction of sp³-hybridized carbons (Fsp3) is 0.429. The summed E-state index contributed by atoms with van der Waals surface area (Å²) in [4.78, 5) is 23.6. The van der Waals surface area contributed by atoms with Crippen molar-refractivity contribution in [3.05, 3.63) is 87.4 Å². The highest BCUT2D eigenvalue weighted by molar-refractivity contribution is 7.10. The Morgan fingerprint density at radius 1 is 1.15 bits per heavy atom. The molecule has 4 nitrogen and oxygen atoms in total. The van der Waals surface area contributed by atoms with E-state index in [2.05, 4.69) is 70.4 Å². The van der Waals surface area contributed by atoms with Crippen LogP contribution in [0.5, 0.6) is 0 Å². The number of nitrogens with zero attached hydrogens (tertiary/aromatic N) is 3. The van der Waals surface area contributed by atoms with Crippen molar-refractivity contribution < 1.29 is 4.79 Å². The third-order valence-electron chi connectivity index (χ3n) is 6.71. The predicted molar refractivity (Wildman–Crippen MR) is 136 cm³/mol. The molecule has 1 fully saturated rings. The molecule has 0 saturated carbocycles. The van der Waals surface area contributed by atoms with Crippen molar-refractivity contribution >= 4 is 17.2 Å². The van der Waals surface area contributed by atoms with Crippen molar-refractivity contribution in [3.8, 4) is 0 Å². The zero-order valence-corrected chi connectivity index (χ0v) is 21.0. The minimum absolute atomic E-state index is 0.0224. The van der Waals surface area contributed by atoms with E-state index in [1.807, 2.05) is 37.4 Å². The van der Waals surface area contributed by atoms with E-state index in [1.165, 1.54) is 21.6 Å². The lowest BCUT2D eigenvalue weighted by molar-refractivity contribution is -0.135. The van der Waals surface area contributed by atoms with Crippen LogP contribution in [0.1, 0.15) is 46.9 Å². The summed E-state index contributed by atoms with van der Waals surface area (Å²) in [6.45, 7) is 12.7. The topological polar surface area (TPSA) is 36.4 Å². The van der Waals surface area contributed by atoms with E-state index in [4.69, 9.17) is 0 Å². The first-order chi connectivity index (χ1) is 15.9. The van der Waals surface area contributed by atoms with Gasteiger partial charge in [0.2, 0.25) is 5.91 Å². The maximum Gasteiger partial charge on any atom is 0.225 e. The van der Waals surface area contributed by atoms with Crippen LogP contribution in [0.2, 0.25) is 0 Å². The maximum atomic E-state index is 13.2. The molecule has 1 aliphatic rings. The Morgan fingerprint density at radius 2 is 1.94 bits per heavy atom. The number of aryl methyl sites for hydroxylation is 2. The lowest BCUT2D eigenvalue weighted by Gasteiger charge is -2.30. The summed E-state index contributed by atoms with van der Waals surface area (Å²) < 4.78 is 0. The highest BCUT2D eigenvalue weighted by atomic mass is 32.1. The van der Waals surface area contributed by atoms with Crippen molar-refractivity contribution in [3.63, 3.8) is 0 Å². The van der Waals surface area contributed by atoms with Gasteiger partial charge in [-0.2, -0.15) is 0 Å². The smallest absolute Gasteiger partial charge is 0.225 e. The minimum atomic E-state index is -0.0224. The van der Waals surface area contributed by atoms with Crippen molar-refractivity contribution in [1.82, 2.24) is 14.8 Å². The highest BCUT2D eigenvalue weighted by Gasteiger charge is 2.36.